The van der Waals surface area contributed by atoms with Crippen molar-refractivity contribution in [1.82, 2.24) is 34.3 Å². The van der Waals surface area contributed by atoms with Crippen molar-refractivity contribution in [1.29, 1.82) is 0 Å². The Hall–Kier alpha value is -4.79. The molecule has 0 aliphatic carbocycles. The van der Waals surface area contributed by atoms with E-state index in [1.165, 1.54) is 0 Å². The molecule has 0 saturated carbocycles. The van der Waals surface area contributed by atoms with E-state index in [2.05, 4.69) is 36.5 Å². The summed E-state index contributed by atoms with van der Waals surface area (Å²) in [6.45, 7) is 0. The number of rotatable bonds is 4. The minimum absolute atomic E-state index is 0.241. The van der Waals surface area contributed by atoms with E-state index in [1.54, 1.807) is 39.9 Å². The van der Waals surface area contributed by atoms with Crippen LogP contribution in [0.5, 0.6) is 0 Å². The SMILES string of the molecule is Cn1cc(-c2cnc3[nH]cc(-c4ccn5ncc(C(=O)Nc6cccnc6)c5c4)c3c2)cn1. The van der Waals surface area contributed by atoms with Crippen LogP contribution in [0.25, 0.3) is 38.8 Å². The van der Waals surface area contributed by atoms with Crippen molar-refractivity contribution in [2.75, 3.05) is 5.32 Å². The van der Waals surface area contributed by atoms with E-state index in [0.717, 1.165) is 33.3 Å². The number of aromatic amines is 1. The monoisotopic (exact) mass is 434 g/mol. The Labute approximate surface area is 187 Å². The van der Waals surface area contributed by atoms with Gasteiger partial charge in [0, 0.05) is 60.1 Å². The molecule has 1 amide bonds. The maximum Gasteiger partial charge on any atom is 0.259 e. The Bertz CT molecular complexity index is 1630. The quantitative estimate of drug-likeness (QED) is 0.437. The van der Waals surface area contributed by atoms with Gasteiger partial charge in [-0.3, -0.25) is 14.5 Å². The van der Waals surface area contributed by atoms with Gasteiger partial charge in [0.1, 0.15) is 5.65 Å². The van der Waals surface area contributed by atoms with Crippen molar-refractivity contribution in [2.24, 2.45) is 7.05 Å². The number of pyridine rings is 3. The van der Waals surface area contributed by atoms with Crippen LogP contribution >= 0.6 is 0 Å². The van der Waals surface area contributed by atoms with Gasteiger partial charge in [0.05, 0.1) is 35.4 Å². The molecule has 6 heterocycles. The van der Waals surface area contributed by atoms with Crippen LogP contribution in [0.3, 0.4) is 0 Å². The molecule has 0 aliphatic rings. The number of hydrogen-bond donors (Lipinski definition) is 2. The van der Waals surface area contributed by atoms with Crippen LogP contribution < -0.4 is 5.32 Å². The Morgan fingerprint density at radius 3 is 2.79 bits per heavy atom. The van der Waals surface area contributed by atoms with E-state index >= 15 is 0 Å². The predicted molar refractivity (Wildman–Crippen MR) is 125 cm³/mol. The Morgan fingerprint density at radius 2 is 1.97 bits per heavy atom. The van der Waals surface area contributed by atoms with E-state index in [0.29, 0.717) is 16.8 Å². The highest BCUT2D eigenvalue weighted by molar-refractivity contribution is 6.09. The summed E-state index contributed by atoms with van der Waals surface area (Å²) in [5.74, 6) is -0.241. The smallest absolute Gasteiger partial charge is 0.259 e. The fraction of sp³-hybridized carbons (Fsp3) is 0.0417. The maximum atomic E-state index is 12.9. The summed E-state index contributed by atoms with van der Waals surface area (Å²) in [5, 5.41) is 12.4. The molecular formula is C24H18N8O. The third-order valence-corrected chi connectivity index (χ3v) is 5.57. The van der Waals surface area contributed by atoms with Crippen LogP contribution in [0.1, 0.15) is 10.4 Å². The van der Waals surface area contributed by atoms with Crippen LogP contribution in [-0.2, 0) is 7.05 Å². The van der Waals surface area contributed by atoms with Gasteiger partial charge in [-0.05, 0) is 35.9 Å². The van der Waals surface area contributed by atoms with E-state index < -0.39 is 0 Å². The minimum atomic E-state index is -0.241. The molecule has 0 aliphatic heterocycles. The summed E-state index contributed by atoms with van der Waals surface area (Å²) in [6, 6.07) is 9.60. The lowest BCUT2D eigenvalue weighted by atomic mass is 10.0. The third kappa shape index (κ3) is 3.32. The Balaban J connectivity index is 1.41. The van der Waals surface area contributed by atoms with Gasteiger partial charge in [0.15, 0.2) is 0 Å². The van der Waals surface area contributed by atoms with E-state index in [-0.39, 0.29) is 5.91 Å². The lowest BCUT2D eigenvalue weighted by molar-refractivity contribution is 0.102. The molecule has 0 atom stereocenters. The second-order valence-electron chi connectivity index (χ2n) is 7.72. The van der Waals surface area contributed by atoms with Crippen molar-refractivity contribution >= 4 is 28.1 Å². The molecule has 6 rings (SSSR count). The molecule has 9 nitrogen and oxygen atoms in total. The first kappa shape index (κ1) is 18.9. The van der Waals surface area contributed by atoms with Gasteiger partial charge in [-0.15, -0.1) is 0 Å². The Morgan fingerprint density at radius 1 is 1.03 bits per heavy atom. The van der Waals surface area contributed by atoms with Crippen LogP contribution in [-0.4, -0.2) is 40.3 Å². The number of carbonyl (C=O) groups excluding carboxylic acids is 1. The Kier molecular flexibility index (Phi) is 4.25. The molecule has 0 saturated heterocycles. The molecule has 9 heteroatoms. The zero-order valence-corrected chi connectivity index (χ0v) is 17.6. The first-order chi connectivity index (χ1) is 16.2. The fourth-order valence-corrected chi connectivity index (χ4v) is 3.93. The molecule has 6 aromatic heterocycles. The highest BCUT2D eigenvalue weighted by Crippen LogP contribution is 2.32. The van der Waals surface area contributed by atoms with Crippen molar-refractivity contribution in [3.05, 3.63) is 85.5 Å². The van der Waals surface area contributed by atoms with Crippen molar-refractivity contribution in [2.45, 2.75) is 0 Å². The molecule has 2 N–H and O–H groups in total. The van der Waals surface area contributed by atoms with Crippen LogP contribution in [0.4, 0.5) is 5.69 Å². The number of aryl methyl sites for hydroxylation is 1. The van der Waals surface area contributed by atoms with Crippen molar-refractivity contribution in [3.63, 3.8) is 0 Å². The highest BCUT2D eigenvalue weighted by atomic mass is 16.1. The lowest BCUT2D eigenvalue weighted by Gasteiger charge is -2.05. The highest BCUT2D eigenvalue weighted by Gasteiger charge is 2.16. The van der Waals surface area contributed by atoms with Crippen LogP contribution in [0.15, 0.2) is 79.9 Å². The summed E-state index contributed by atoms with van der Waals surface area (Å²) in [4.78, 5) is 24.7. The number of anilines is 1. The second-order valence-corrected chi connectivity index (χ2v) is 7.72. The topological polar surface area (TPSA) is 106 Å². The molecule has 0 radical (unpaired) electrons. The number of fused-ring (bicyclic) bond motifs is 2. The van der Waals surface area contributed by atoms with Crippen LogP contribution in [0.2, 0.25) is 0 Å². The third-order valence-electron chi connectivity index (χ3n) is 5.57. The van der Waals surface area contributed by atoms with E-state index in [4.69, 9.17) is 0 Å². The predicted octanol–water partition coefficient (Wildman–Crippen LogP) is 3.93. The van der Waals surface area contributed by atoms with Gasteiger partial charge in [0.25, 0.3) is 5.91 Å². The van der Waals surface area contributed by atoms with Gasteiger partial charge in [-0.2, -0.15) is 10.2 Å². The second kappa shape index (κ2) is 7.41. The van der Waals surface area contributed by atoms with Crippen molar-refractivity contribution < 1.29 is 4.79 Å². The molecular weight excluding hydrogens is 416 g/mol. The number of hydrogen-bond acceptors (Lipinski definition) is 5. The maximum absolute atomic E-state index is 12.9. The largest absolute Gasteiger partial charge is 0.346 e. The number of aromatic nitrogens is 7. The van der Waals surface area contributed by atoms with Gasteiger partial charge in [-0.25, -0.2) is 9.50 Å². The molecule has 0 unspecified atom stereocenters. The molecule has 0 bridgehead atoms. The van der Waals surface area contributed by atoms with Gasteiger partial charge in [0.2, 0.25) is 0 Å². The average molecular weight is 434 g/mol. The molecule has 0 aromatic carbocycles. The van der Waals surface area contributed by atoms with Gasteiger partial charge in [-0.1, -0.05) is 0 Å². The minimum Gasteiger partial charge on any atom is -0.346 e. The van der Waals surface area contributed by atoms with E-state index in [1.807, 2.05) is 50.2 Å². The number of nitrogens with one attached hydrogen (secondary N) is 2. The molecule has 0 spiro atoms. The standard InChI is InChI=1S/C24H18N8O/c1-31-14-17(10-28-31)16-7-19-20(12-27-23(19)26-9-16)15-4-6-32-22(8-15)21(13-29-32)24(33)30-18-3-2-5-25-11-18/h2-14H,1H3,(H,26,27)(H,30,33). The number of amides is 1. The van der Waals surface area contributed by atoms with Crippen molar-refractivity contribution in [3.8, 4) is 22.3 Å². The normalized spacial score (nSPS) is 11.3. The molecule has 0 fully saturated rings. The molecule has 160 valence electrons. The number of H-pyrrole nitrogens is 1. The first-order valence-corrected chi connectivity index (χ1v) is 10.3. The number of nitrogens with zero attached hydrogens (tertiary/aromatic N) is 6. The van der Waals surface area contributed by atoms with E-state index in [9.17, 15) is 4.79 Å². The summed E-state index contributed by atoms with van der Waals surface area (Å²) >= 11 is 0. The summed E-state index contributed by atoms with van der Waals surface area (Å²) in [7, 11) is 1.89. The van der Waals surface area contributed by atoms with Crippen LogP contribution in [0, 0.1) is 0 Å². The zero-order valence-electron chi connectivity index (χ0n) is 17.6. The van der Waals surface area contributed by atoms with Gasteiger partial charge >= 0.3 is 0 Å². The first-order valence-electron chi connectivity index (χ1n) is 10.3. The summed E-state index contributed by atoms with van der Waals surface area (Å²) in [6.07, 6.45) is 14.2. The lowest BCUT2D eigenvalue weighted by Crippen LogP contribution is -2.11. The zero-order chi connectivity index (χ0) is 22.4. The molecule has 33 heavy (non-hydrogen) atoms. The number of carbonyl (C=O) groups is 1. The molecule has 6 aromatic rings. The summed E-state index contributed by atoms with van der Waals surface area (Å²) < 4.78 is 3.46. The fourth-order valence-electron chi connectivity index (χ4n) is 3.93. The van der Waals surface area contributed by atoms with Gasteiger partial charge < -0.3 is 10.3 Å². The summed E-state index contributed by atoms with van der Waals surface area (Å²) in [5.41, 5.74) is 6.54. The average Bonchev–Trinajstić information content (AvgIpc) is 3.56.